The minimum atomic E-state index is 0.585. The third kappa shape index (κ3) is 4.95. The number of methoxy groups -OCH3 is 1. The second-order valence-electron chi connectivity index (χ2n) is 6.16. The molecule has 2 aromatic carbocycles. The van der Waals surface area contributed by atoms with Crippen molar-refractivity contribution in [2.24, 2.45) is 0 Å². The smallest absolute Gasteiger partial charge is 0.120 e. The molecule has 2 aromatic rings. The van der Waals surface area contributed by atoms with Gasteiger partial charge in [0, 0.05) is 26.7 Å². The number of hydrogen-bond acceptors (Lipinski definition) is 3. The van der Waals surface area contributed by atoms with Gasteiger partial charge in [0.1, 0.15) is 12.4 Å². The number of likely N-dealkylation sites (tertiary alicyclic amines) is 1. The Balaban J connectivity index is 1.58. The molecule has 3 rings (SSSR count). The van der Waals surface area contributed by atoms with Gasteiger partial charge in [0.15, 0.2) is 0 Å². The van der Waals surface area contributed by atoms with Crippen LogP contribution in [0.25, 0.3) is 6.08 Å². The van der Waals surface area contributed by atoms with Crippen LogP contribution in [0.2, 0.25) is 0 Å². The van der Waals surface area contributed by atoms with Crippen molar-refractivity contribution in [3.63, 3.8) is 0 Å². The lowest BCUT2D eigenvalue weighted by Gasteiger charge is -2.14. The van der Waals surface area contributed by atoms with Crippen LogP contribution in [0.1, 0.15) is 17.5 Å². The van der Waals surface area contributed by atoms with Gasteiger partial charge in [-0.05, 0) is 29.7 Å². The van der Waals surface area contributed by atoms with Crippen molar-refractivity contribution in [1.82, 2.24) is 4.90 Å². The van der Waals surface area contributed by atoms with Gasteiger partial charge in [-0.2, -0.15) is 0 Å². The molecule has 0 bridgehead atoms. The van der Waals surface area contributed by atoms with Gasteiger partial charge in [0.05, 0.1) is 6.61 Å². The van der Waals surface area contributed by atoms with Gasteiger partial charge in [-0.3, -0.25) is 4.90 Å². The Morgan fingerprint density at radius 1 is 1.04 bits per heavy atom. The van der Waals surface area contributed by atoms with E-state index in [0.717, 1.165) is 31.8 Å². The van der Waals surface area contributed by atoms with Gasteiger partial charge in [-0.1, -0.05) is 54.1 Å². The van der Waals surface area contributed by atoms with Crippen LogP contribution in [0.3, 0.4) is 0 Å². The molecule has 1 aliphatic heterocycles. The summed E-state index contributed by atoms with van der Waals surface area (Å²) in [6.45, 7) is 4.40. The molecule has 1 aliphatic rings. The Morgan fingerprint density at radius 2 is 1.92 bits per heavy atom. The molecule has 0 unspecified atom stereocenters. The standard InChI is InChI=1S/C21H25NO2/c1-23-12-13-24-21-9-5-8-19(15-21)14-20-10-11-22(17-20)16-18-6-3-2-4-7-18/h2-9,14-15H,10-13,16-17H2,1H3. The van der Waals surface area contributed by atoms with Crippen molar-refractivity contribution < 1.29 is 9.47 Å². The molecule has 0 radical (unpaired) electrons. The lowest BCUT2D eigenvalue weighted by molar-refractivity contribution is 0.146. The first-order valence-corrected chi connectivity index (χ1v) is 8.51. The Bertz CT molecular complexity index is 667. The fraction of sp³-hybridized carbons (Fsp3) is 0.333. The SMILES string of the molecule is COCCOc1cccc(C=C2CCN(Cc3ccccc3)C2)c1. The molecule has 126 valence electrons. The highest BCUT2D eigenvalue weighted by Gasteiger charge is 2.16. The molecule has 3 heteroatoms. The second kappa shape index (κ2) is 8.67. The molecule has 1 saturated heterocycles. The summed E-state index contributed by atoms with van der Waals surface area (Å²) in [5, 5.41) is 0. The van der Waals surface area contributed by atoms with Crippen LogP contribution in [-0.4, -0.2) is 38.3 Å². The summed E-state index contributed by atoms with van der Waals surface area (Å²) in [5.41, 5.74) is 4.08. The predicted octanol–water partition coefficient (Wildman–Crippen LogP) is 4.00. The molecule has 0 spiro atoms. The molecule has 3 nitrogen and oxygen atoms in total. The highest BCUT2D eigenvalue weighted by Crippen LogP contribution is 2.22. The maximum Gasteiger partial charge on any atom is 0.120 e. The lowest BCUT2D eigenvalue weighted by atomic mass is 10.1. The van der Waals surface area contributed by atoms with Crippen molar-refractivity contribution in [3.05, 3.63) is 71.3 Å². The van der Waals surface area contributed by atoms with E-state index in [1.165, 1.54) is 16.7 Å². The lowest BCUT2D eigenvalue weighted by Crippen LogP contribution is -2.18. The molecular formula is C21H25NO2. The van der Waals surface area contributed by atoms with Crippen LogP contribution in [-0.2, 0) is 11.3 Å². The van der Waals surface area contributed by atoms with Crippen molar-refractivity contribution in [2.75, 3.05) is 33.4 Å². The van der Waals surface area contributed by atoms with Gasteiger partial charge in [-0.25, -0.2) is 0 Å². The Labute approximate surface area is 144 Å². The summed E-state index contributed by atoms with van der Waals surface area (Å²) in [7, 11) is 1.69. The van der Waals surface area contributed by atoms with E-state index in [-0.39, 0.29) is 0 Å². The minimum Gasteiger partial charge on any atom is -0.491 e. The van der Waals surface area contributed by atoms with Gasteiger partial charge in [0.2, 0.25) is 0 Å². The molecular weight excluding hydrogens is 298 g/mol. The minimum absolute atomic E-state index is 0.585. The number of hydrogen-bond donors (Lipinski definition) is 0. The summed E-state index contributed by atoms with van der Waals surface area (Å²) in [4.78, 5) is 2.50. The van der Waals surface area contributed by atoms with Gasteiger partial charge in [-0.15, -0.1) is 0 Å². The first kappa shape index (κ1) is 16.7. The summed E-state index contributed by atoms with van der Waals surface area (Å²) in [5.74, 6) is 0.903. The van der Waals surface area contributed by atoms with Crippen molar-refractivity contribution >= 4 is 6.08 Å². The molecule has 0 aliphatic carbocycles. The van der Waals surface area contributed by atoms with E-state index in [0.29, 0.717) is 13.2 Å². The number of benzene rings is 2. The van der Waals surface area contributed by atoms with E-state index < -0.39 is 0 Å². The van der Waals surface area contributed by atoms with Crippen molar-refractivity contribution in [1.29, 1.82) is 0 Å². The summed E-state index contributed by atoms with van der Waals surface area (Å²) in [6.07, 6.45) is 3.44. The zero-order chi connectivity index (χ0) is 16.6. The van der Waals surface area contributed by atoms with Gasteiger partial charge < -0.3 is 9.47 Å². The zero-order valence-corrected chi connectivity index (χ0v) is 14.3. The molecule has 1 heterocycles. The molecule has 0 saturated carbocycles. The quantitative estimate of drug-likeness (QED) is 0.719. The Morgan fingerprint density at radius 3 is 2.75 bits per heavy atom. The summed E-state index contributed by atoms with van der Waals surface area (Å²) < 4.78 is 10.7. The molecule has 1 fully saturated rings. The van der Waals surface area contributed by atoms with Crippen LogP contribution in [0.4, 0.5) is 0 Å². The van der Waals surface area contributed by atoms with Crippen LogP contribution in [0.5, 0.6) is 5.75 Å². The summed E-state index contributed by atoms with van der Waals surface area (Å²) in [6, 6.07) is 19.0. The van der Waals surface area contributed by atoms with E-state index in [4.69, 9.17) is 9.47 Å². The zero-order valence-electron chi connectivity index (χ0n) is 14.3. The first-order valence-electron chi connectivity index (χ1n) is 8.51. The fourth-order valence-electron chi connectivity index (χ4n) is 3.01. The largest absolute Gasteiger partial charge is 0.491 e. The molecule has 24 heavy (non-hydrogen) atoms. The van der Waals surface area contributed by atoms with Crippen molar-refractivity contribution in [2.45, 2.75) is 13.0 Å². The van der Waals surface area contributed by atoms with Crippen LogP contribution >= 0.6 is 0 Å². The van der Waals surface area contributed by atoms with Gasteiger partial charge in [0.25, 0.3) is 0 Å². The van der Waals surface area contributed by atoms with E-state index in [9.17, 15) is 0 Å². The fourth-order valence-corrected chi connectivity index (χ4v) is 3.01. The van der Waals surface area contributed by atoms with Gasteiger partial charge >= 0.3 is 0 Å². The predicted molar refractivity (Wildman–Crippen MR) is 98.1 cm³/mol. The normalized spacial score (nSPS) is 16.6. The molecule has 0 aromatic heterocycles. The average molecular weight is 323 g/mol. The average Bonchev–Trinajstić information content (AvgIpc) is 3.03. The van der Waals surface area contributed by atoms with Crippen LogP contribution in [0, 0.1) is 0 Å². The van der Waals surface area contributed by atoms with Crippen LogP contribution in [0.15, 0.2) is 60.2 Å². The number of nitrogens with zero attached hydrogens (tertiary/aromatic N) is 1. The highest BCUT2D eigenvalue weighted by atomic mass is 16.5. The summed E-state index contributed by atoms with van der Waals surface area (Å²) >= 11 is 0. The van der Waals surface area contributed by atoms with Crippen molar-refractivity contribution in [3.8, 4) is 5.75 Å². The second-order valence-corrected chi connectivity index (χ2v) is 6.16. The maximum absolute atomic E-state index is 5.69. The Kier molecular flexibility index (Phi) is 6.05. The van der Waals surface area contributed by atoms with Crippen LogP contribution < -0.4 is 4.74 Å². The molecule has 0 N–H and O–H groups in total. The molecule has 0 atom stereocenters. The van der Waals surface area contributed by atoms with E-state index >= 15 is 0 Å². The van der Waals surface area contributed by atoms with E-state index in [1.54, 1.807) is 7.11 Å². The Hall–Kier alpha value is -2.10. The number of ether oxygens (including phenoxy) is 2. The number of rotatable bonds is 7. The highest BCUT2D eigenvalue weighted by molar-refractivity contribution is 5.55. The van der Waals surface area contributed by atoms with E-state index in [2.05, 4.69) is 53.4 Å². The monoisotopic (exact) mass is 323 g/mol. The molecule has 0 amide bonds. The third-order valence-electron chi connectivity index (χ3n) is 4.21. The maximum atomic E-state index is 5.69. The van der Waals surface area contributed by atoms with E-state index in [1.807, 2.05) is 12.1 Å². The third-order valence-corrected chi connectivity index (χ3v) is 4.21. The topological polar surface area (TPSA) is 21.7 Å². The first-order chi connectivity index (χ1) is 11.8.